The third-order valence-corrected chi connectivity index (χ3v) is 1.92. The fraction of sp³-hybridized carbons (Fsp3) is 0.636. The van der Waals surface area contributed by atoms with Crippen molar-refractivity contribution in [3.8, 4) is 0 Å². The van der Waals surface area contributed by atoms with Gasteiger partial charge in [-0.25, -0.2) is 4.79 Å². The number of nitrogens with zero attached hydrogens (tertiary/aromatic N) is 1. The van der Waals surface area contributed by atoms with E-state index in [1.165, 1.54) is 0 Å². The van der Waals surface area contributed by atoms with Gasteiger partial charge in [0.2, 0.25) is 0 Å². The monoisotopic (exact) mass is 242 g/mol. The van der Waals surface area contributed by atoms with Crippen LogP contribution in [0.5, 0.6) is 0 Å². The highest BCUT2D eigenvalue weighted by Crippen LogP contribution is 2.00. The molecule has 1 aromatic heterocycles. The molecule has 0 aromatic carbocycles. The lowest BCUT2D eigenvalue weighted by molar-refractivity contribution is -0.148. The molecule has 0 bridgehead atoms. The first-order valence-corrected chi connectivity index (χ1v) is 5.58. The average molecular weight is 242 g/mol. The third kappa shape index (κ3) is 6.03. The highest BCUT2D eigenvalue weighted by atomic mass is 16.6. The summed E-state index contributed by atoms with van der Waals surface area (Å²) in [6.07, 6.45) is 0. The van der Waals surface area contributed by atoms with E-state index in [0.29, 0.717) is 26.3 Å². The molecule has 6 nitrogen and oxygen atoms in total. The van der Waals surface area contributed by atoms with Crippen LogP contribution in [0.1, 0.15) is 18.4 Å². The van der Waals surface area contributed by atoms with Crippen LogP contribution in [0.3, 0.4) is 0 Å². The van der Waals surface area contributed by atoms with E-state index in [0.717, 1.165) is 11.5 Å². The molecule has 0 unspecified atom stereocenters. The van der Waals surface area contributed by atoms with Gasteiger partial charge in [0.1, 0.15) is 6.61 Å². The standard InChI is InChI=1S/C11H18N2O4/c1-3-16-11(14)8-15-5-4-12-7-10-6-9(2)13-17-10/h6,12H,3-5,7-8H2,1-2H3. The van der Waals surface area contributed by atoms with Gasteiger partial charge < -0.3 is 19.3 Å². The van der Waals surface area contributed by atoms with Crippen molar-refractivity contribution in [3.05, 3.63) is 17.5 Å². The van der Waals surface area contributed by atoms with Crippen molar-refractivity contribution < 1.29 is 18.8 Å². The first-order chi connectivity index (χ1) is 8.22. The molecule has 0 aliphatic heterocycles. The Labute approximate surface area is 100 Å². The van der Waals surface area contributed by atoms with Crippen molar-refractivity contribution in [2.24, 2.45) is 0 Å². The average Bonchev–Trinajstić information content (AvgIpc) is 2.70. The molecule has 0 fully saturated rings. The number of esters is 1. The molecule has 1 heterocycles. The van der Waals surface area contributed by atoms with Crippen molar-refractivity contribution >= 4 is 5.97 Å². The lowest BCUT2D eigenvalue weighted by Gasteiger charge is -2.04. The van der Waals surface area contributed by atoms with Crippen LogP contribution in [0, 0.1) is 6.92 Å². The number of aromatic nitrogens is 1. The molecule has 1 rings (SSSR count). The number of carbonyl (C=O) groups is 1. The molecule has 0 aliphatic rings. The lowest BCUT2D eigenvalue weighted by atomic mass is 10.4. The largest absolute Gasteiger partial charge is 0.464 e. The van der Waals surface area contributed by atoms with Gasteiger partial charge in [0.25, 0.3) is 0 Å². The number of nitrogens with one attached hydrogen (secondary N) is 1. The highest BCUT2D eigenvalue weighted by molar-refractivity contribution is 5.70. The second kappa shape index (κ2) is 7.81. The van der Waals surface area contributed by atoms with Crippen LogP contribution in [0.2, 0.25) is 0 Å². The summed E-state index contributed by atoms with van der Waals surface area (Å²) in [4.78, 5) is 10.9. The van der Waals surface area contributed by atoms with E-state index in [-0.39, 0.29) is 12.6 Å². The van der Waals surface area contributed by atoms with Crippen LogP contribution in [0.25, 0.3) is 0 Å². The van der Waals surface area contributed by atoms with Crippen molar-refractivity contribution in [3.63, 3.8) is 0 Å². The smallest absolute Gasteiger partial charge is 0.332 e. The molecule has 6 heteroatoms. The fourth-order valence-electron chi connectivity index (χ4n) is 1.21. The summed E-state index contributed by atoms with van der Waals surface area (Å²) >= 11 is 0. The Bertz CT molecular complexity index is 338. The van der Waals surface area contributed by atoms with Crippen LogP contribution in [-0.2, 0) is 20.8 Å². The first-order valence-electron chi connectivity index (χ1n) is 5.58. The zero-order valence-corrected chi connectivity index (χ0v) is 10.2. The van der Waals surface area contributed by atoms with Crippen molar-refractivity contribution in [2.75, 3.05) is 26.4 Å². The molecule has 0 aliphatic carbocycles. The molecule has 1 N–H and O–H groups in total. The number of hydrogen-bond acceptors (Lipinski definition) is 6. The fourth-order valence-corrected chi connectivity index (χ4v) is 1.21. The summed E-state index contributed by atoms with van der Waals surface area (Å²) in [5, 5.41) is 6.88. The van der Waals surface area contributed by atoms with Crippen LogP contribution in [-0.4, -0.2) is 37.5 Å². The molecule has 0 atom stereocenters. The van der Waals surface area contributed by atoms with E-state index >= 15 is 0 Å². The maximum atomic E-state index is 10.9. The summed E-state index contributed by atoms with van der Waals surface area (Å²) in [5.74, 6) is 0.450. The van der Waals surface area contributed by atoms with Gasteiger partial charge in [-0.15, -0.1) is 0 Å². The first kappa shape index (κ1) is 13.7. The van der Waals surface area contributed by atoms with E-state index < -0.39 is 0 Å². The molecule has 0 saturated heterocycles. The Morgan fingerprint density at radius 3 is 3.06 bits per heavy atom. The number of rotatable bonds is 8. The summed E-state index contributed by atoms with van der Waals surface area (Å²) in [6.45, 7) is 5.70. The van der Waals surface area contributed by atoms with Gasteiger partial charge in [-0.2, -0.15) is 0 Å². The number of ether oxygens (including phenoxy) is 2. The molecular formula is C11H18N2O4. The predicted octanol–water partition coefficient (Wildman–Crippen LogP) is 0.652. The minimum absolute atomic E-state index is 0.00304. The van der Waals surface area contributed by atoms with Crippen molar-refractivity contribution in [1.82, 2.24) is 10.5 Å². The van der Waals surface area contributed by atoms with Crippen LogP contribution < -0.4 is 5.32 Å². The highest BCUT2D eigenvalue weighted by Gasteiger charge is 2.01. The van der Waals surface area contributed by atoms with Gasteiger partial charge >= 0.3 is 5.97 Å². The Kier molecular flexibility index (Phi) is 6.27. The van der Waals surface area contributed by atoms with E-state index in [1.807, 2.05) is 13.0 Å². The zero-order valence-electron chi connectivity index (χ0n) is 10.2. The Morgan fingerprint density at radius 2 is 2.41 bits per heavy atom. The van der Waals surface area contributed by atoms with Gasteiger partial charge in [0.05, 0.1) is 25.5 Å². The second-order valence-corrected chi connectivity index (χ2v) is 3.47. The third-order valence-electron chi connectivity index (χ3n) is 1.92. The molecule has 17 heavy (non-hydrogen) atoms. The molecule has 0 saturated carbocycles. The van der Waals surface area contributed by atoms with Gasteiger partial charge in [-0.1, -0.05) is 5.16 Å². The summed E-state index contributed by atoms with van der Waals surface area (Å²) in [7, 11) is 0. The summed E-state index contributed by atoms with van der Waals surface area (Å²) in [6, 6.07) is 1.87. The quantitative estimate of drug-likeness (QED) is 0.533. The van der Waals surface area contributed by atoms with Gasteiger partial charge in [-0.3, -0.25) is 0 Å². The number of aryl methyl sites for hydroxylation is 1. The Hall–Kier alpha value is -1.40. The topological polar surface area (TPSA) is 73.6 Å². The Morgan fingerprint density at radius 1 is 1.59 bits per heavy atom. The van der Waals surface area contributed by atoms with E-state index in [1.54, 1.807) is 6.92 Å². The SMILES string of the molecule is CCOC(=O)COCCNCc1cc(C)no1. The van der Waals surface area contributed by atoms with E-state index in [9.17, 15) is 4.79 Å². The van der Waals surface area contributed by atoms with Crippen LogP contribution >= 0.6 is 0 Å². The van der Waals surface area contributed by atoms with Gasteiger partial charge in [0, 0.05) is 12.6 Å². The number of hydrogen-bond donors (Lipinski definition) is 1. The number of carbonyl (C=O) groups excluding carboxylic acids is 1. The lowest BCUT2D eigenvalue weighted by Crippen LogP contribution is -2.21. The summed E-state index contributed by atoms with van der Waals surface area (Å²) < 4.78 is 14.8. The minimum Gasteiger partial charge on any atom is -0.464 e. The maximum Gasteiger partial charge on any atom is 0.332 e. The minimum atomic E-state index is -0.335. The Balaban J connectivity index is 1.96. The molecular weight excluding hydrogens is 224 g/mol. The normalized spacial score (nSPS) is 10.5. The maximum absolute atomic E-state index is 10.9. The molecule has 0 radical (unpaired) electrons. The molecule has 0 spiro atoms. The van der Waals surface area contributed by atoms with E-state index in [4.69, 9.17) is 14.0 Å². The molecule has 96 valence electrons. The van der Waals surface area contributed by atoms with E-state index in [2.05, 4.69) is 10.5 Å². The molecule has 1 aromatic rings. The van der Waals surface area contributed by atoms with Crippen LogP contribution in [0.4, 0.5) is 0 Å². The van der Waals surface area contributed by atoms with Gasteiger partial charge in [-0.05, 0) is 13.8 Å². The second-order valence-electron chi connectivity index (χ2n) is 3.47. The zero-order chi connectivity index (χ0) is 12.5. The summed E-state index contributed by atoms with van der Waals surface area (Å²) in [5.41, 5.74) is 0.861. The molecule has 0 amide bonds. The van der Waals surface area contributed by atoms with Crippen LogP contribution in [0.15, 0.2) is 10.6 Å². The van der Waals surface area contributed by atoms with Gasteiger partial charge in [0.15, 0.2) is 5.76 Å². The predicted molar refractivity (Wildman–Crippen MR) is 60.4 cm³/mol. The van der Waals surface area contributed by atoms with Crippen molar-refractivity contribution in [1.29, 1.82) is 0 Å². The van der Waals surface area contributed by atoms with Crippen molar-refractivity contribution in [2.45, 2.75) is 20.4 Å².